The molecule has 0 unspecified atom stereocenters. The first-order valence-electron chi connectivity index (χ1n) is 8.04. The van der Waals surface area contributed by atoms with Gasteiger partial charge in [-0.15, -0.1) is 0 Å². The number of benzene rings is 1. The first-order valence-corrected chi connectivity index (χ1v) is 8.04. The number of aryl methyl sites for hydroxylation is 1. The third-order valence-electron chi connectivity index (χ3n) is 3.63. The highest BCUT2D eigenvalue weighted by atomic mass is 16.5. The Morgan fingerprint density at radius 1 is 1.00 bits per heavy atom. The lowest BCUT2D eigenvalue weighted by atomic mass is 10.0. The second kappa shape index (κ2) is 8.82. The van der Waals surface area contributed by atoms with Gasteiger partial charge in [0.1, 0.15) is 0 Å². The number of carbonyl (C=O) groups is 3. The minimum atomic E-state index is -0.550. The van der Waals surface area contributed by atoms with Crippen LogP contribution in [0.2, 0.25) is 0 Å². The lowest BCUT2D eigenvalue weighted by molar-refractivity contribution is -0.142. The van der Waals surface area contributed by atoms with Crippen LogP contribution in [-0.4, -0.2) is 29.1 Å². The van der Waals surface area contributed by atoms with E-state index in [1.165, 1.54) is 5.56 Å². The van der Waals surface area contributed by atoms with Gasteiger partial charge in [-0.05, 0) is 24.1 Å². The van der Waals surface area contributed by atoms with Crippen LogP contribution < -0.4 is 0 Å². The summed E-state index contributed by atoms with van der Waals surface area (Å²) in [5.41, 5.74) is 2.17. The molecule has 0 radical (unpaired) electrons. The first kappa shape index (κ1) is 17.7. The molecule has 5 nitrogen and oxygen atoms in total. The van der Waals surface area contributed by atoms with Crippen molar-refractivity contribution in [3.05, 3.63) is 59.4 Å². The fourth-order valence-electron chi connectivity index (χ4n) is 2.31. The molecule has 1 heterocycles. The lowest BCUT2D eigenvalue weighted by Gasteiger charge is -2.04. The van der Waals surface area contributed by atoms with Gasteiger partial charge in [0.15, 0.2) is 12.4 Å². The molecule has 0 bridgehead atoms. The van der Waals surface area contributed by atoms with Gasteiger partial charge in [-0.25, -0.2) is 0 Å². The number of ketones is 2. The van der Waals surface area contributed by atoms with Gasteiger partial charge in [0.25, 0.3) is 0 Å². The fourth-order valence-corrected chi connectivity index (χ4v) is 2.31. The molecular weight excluding hydrogens is 306 g/mol. The van der Waals surface area contributed by atoms with Gasteiger partial charge in [-0.3, -0.25) is 14.4 Å². The summed E-state index contributed by atoms with van der Waals surface area (Å²) >= 11 is 0. The van der Waals surface area contributed by atoms with E-state index in [1.54, 1.807) is 30.5 Å². The molecule has 2 aromatic rings. The van der Waals surface area contributed by atoms with Gasteiger partial charge in [-0.1, -0.05) is 37.6 Å². The number of aromatic amines is 1. The third kappa shape index (κ3) is 5.19. The number of hydrogen-bond donors (Lipinski definition) is 1. The molecule has 0 aliphatic heterocycles. The molecular formula is C19H21NO4. The van der Waals surface area contributed by atoms with E-state index in [9.17, 15) is 14.4 Å². The average molecular weight is 327 g/mol. The normalized spacial score (nSPS) is 10.4. The zero-order chi connectivity index (χ0) is 17.4. The molecule has 1 N–H and O–H groups in total. The van der Waals surface area contributed by atoms with Gasteiger partial charge >= 0.3 is 5.97 Å². The van der Waals surface area contributed by atoms with Gasteiger partial charge in [0.05, 0.1) is 12.1 Å². The molecule has 0 spiro atoms. The Labute approximate surface area is 141 Å². The van der Waals surface area contributed by atoms with Crippen LogP contribution in [0.5, 0.6) is 0 Å². The Morgan fingerprint density at radius 3 is 2.38 bits per heavy atom. The highest BCUT2D eigenvalue weighted by Gasteiger charge is 2.13. The Hall–Kier alpha value is -2.69. The number of ether oxygens (including phenoxy) is 1. The summed E-state index contributed by atoms with van der Waals surface area (Å²) in [6, 6.07) is 10.7. The number of H-pyrrole nitrogens is 1. The summed E-state index contributed by atoms with van der Waals surface area (Å²) in [7, 11) is 0. The van der Waals surface area contributed by atoms with Gasteiger partial charge in [-0.2, -0.15) is 0 Å². The lowest BCUT2D eigenvalue weighted by Crippen LogP contribution is -2.15. The van der Waals surface area contributed by atoms with Crippen LogP contribution in [0, 0.1) is 0 Å². The van der Waals surface area contributed by atoms with Gasteiger partial charge in [0.2, 0.25) is 5.78 Å². The summed E-state index contributed by atoms with van der Waals surface area (Å²) < 4.78 is 4.90. The van der Waals surface area contributed by atoms with Crippen molar-refractivity contribution in [3.63, 3.8) is 0 Å². The first-order chi connectivity index (χ1) is 11.6. The molecule has 1 aromatic heterocycles. The van der Waals surface area contributed by atoms with Gasteiger partial charge in [0, 0.05) is 18.2 Å². The maximum atomic E-state index is 12.1. The van der Waals surface area contributed by atoms with Crippen molar-refractivity contribution in [2.45, 2.75) is 32.6 Å². The van der Waals surface area contributed by atoms with Crippen LogP contribution in [0.1, 0.15) is 52.6 Å². The van der Waals surface area contributed by atoms with Crippen molar-refractivity contribution in [1.82, 2.24) is 4.98 Å². The number of nitrogens with one attached hydrogen (secondary N) is 1. The molecule has 0 amide bonds. The van der Waals surface area contributed by atoms with E-state index in [-0.39, 0.29) is 31.0 Å². The highest BCUT2D eigenvalue weighted by molar-refractivity contribution is 5.98. The maximum absolute atomic E-state index is 12.1. The molecule has 126 valence electrons. The van der Waals surface area contributed by atoms with Crippen molar-refractivity contribution < 1.29 is 19.1 Å². The van der Waals surface area contributed by atoms with Crippen molar-refractivity contribution in [2.75, 3.05) is 6.61 Å². The second-order valence-corrected chi connectivity index (χ2v) is 5.54. The Morgan fingerprint density at radius 2 is 1.75 bits per heavy atom. The van der Waals surface area contributed by atoms with Crippen molar-refractivity contribution in [3.8, 4) is 0 Å². The smallest absolute Gasteiger partial charge is 0.306 e. The number of esters is 1. The highest BCUT2D eigenvalue weighted by Crippen LogP contribution is 2.10. The van der Waals surface area contributed by atoms with E-state index < -0.39 is 5.97 Å². The van der Waals surface area contributed by atoms with Crippen molar-refractivity contribution in [1.29, 1.82) is 0 Å². The van der Waals surface area contributed by atoms with Crippen molar-refractivity contribution in [2.24, 2.45) is 0 Å². The molecule has 0 saturated heterocycles. The molecule has 0 atom stereocenters. The SMILES string of the molecule is CCCc1ccc(C(=O)CCC(=O)OCC(=O)c2ccc[nH]2)cc1. The van der Waals surface area contributed by atoms with E-state index in [0.717, 1.165) is 12.8 Å². The largest absolute Gasteiger partial charge is 0.457 e. The zero-order valence-electron chi connectivity index (χ0n) is 13.7. The summed E-state index contributed by atoms with van der Waals surface area (Å²) in [6.07, 6.45) is 3.70. The Balaban J connectivity index is 1.74. The summed E-state index contributed by atoms with van der Waals surface area (Å²) in [6.45, 7) is 1.78. The van der Waals surface area contributed by atoms with Crippen molar-refractivity contribution >= 4 is 17.5 Å². The van der Waals surface area contributed by atoms with E-state index in [0.29, 0.717) is 11.3 Å². The summed E-state index contributed by atoms with van der Waals surface area (Å²) in [5, 5.41) is 0. The van der Waals surface area contributed by atoms with Crippen LogP contribution in [0.4, 0.5) is 0 Å². The monoisotopic (exact) mass is 327 g/mol. The van der Waals surface area contributed by atoms with Crippen LogP contribution in [0.15, 0.2) is 42.6 Å². The Bertz CT molecular complexity index is 687. The minimum Gasteiger partial charge on any atom is -0.457 e. The fraction of sp³-hybridized carbons (Fsp3) is 0.316. The quantitative estimate of drug-likeness (QED) is 0.566. The maximum Gasteiger partial charge on any atom is 0.306 e. The van der Waals surface area contributed by atoms with E-state index in [2.05, 4.69) is 11.9 Å². The number of Topliss-reactive ketones (excluding diaryl/α,β-unsaturated/α-hetero) is 2. The minimum absolute atomic E-state index is 0.0342. The standard InChI is InChI=1S/C19H21NO4/c1-2-4-14-6-8-15(9-7-14)17(21)10-11-19(23)24-13-18(22)16-5-3-12-20-16/h3,5-9,12,20H,2,4,10-11,13H2,1H3. The number of hydrogen-bond acceptors (Lipinski definition) is 4. The summed E-state index contributed by atoms with van der Waals surface area (Å²) in [5.74, 6) is -0.956. The van der Waals surface area contributed by atoms with Gasteiger partial charge < -0.3 is 9.72 Å². The average Bonchev–Trinajstić information content (AvgIpc) is 3.13. The molecule has 0 aliphatic carbocycles. The predicted octanol–water partition coefficient (Wildman–Crippen LogP) is 3.36. The Kier molecular flexibility index (Phi) is 6.49. The van der Waals surface area contributed by atoms with E-state index >= 15 is 0 Å². The zero-order valence-corrected chi connectivity index (χ0v) is 13.7. The molecule has 5 heteroatoms. The van der Waals surface area contributed by atoms with E-state index in [1.807, 2.05) is 12.1 Å². The molecule has 1 aromatic carbocycles. The molecule has 0 aliphatic rings. The number of carbonyl (C=O) groups excluding carboxylic acids is 3. The number of aromatic nitrogens is 1. The third-order valence-corrected chi connectivity index (χ3v) is 3.63. The van der Waals surface area contributed by atoms with Crippen LogP contribution in [0.25, 0.3) is 0 Å². The van der Waals surface area contributed by atoms with E-state index in [4.69, 9.17) is 4.74 Å². The van der Waals surface area contributed by atoms with Crippen LogP contribution in [-0.2, 0) is 16.0 Å². The predicted molar refractivity (Wildman–Crippen MR) is 90.1 cm³/mol. The molecule has 0 saturated carbocycles. The van der Waals surface area contributed by atoms with Crippen LogP contribution >= 0.6 is 0 Å². The molecule has 24 heavy (non-hydrogen) atoms. The molecule has 2 rings (SSSR count). The molecule has 0 fully saturated rings. The van der Waals surface area contributed by atoms with Crippen LogP contribution in [0.3, 0.4) is 0 Å². The summed E-state index contributed by atoms with van der Waals surface area (Å²) in [4.78, 5) is 38.1. The second-order valence-electron chi connectivity index (χ2n) is 5.54. The number of rotatable bonds is 9. The topological polar surface area (TPSA) is 76.2 Å².